The molecule has 0 nitrogen and oxygen atoms in total. The van der Waals surface area contributed by atoms with E-state index in [4.69, 9.17) is 11.6 Å². The molecule has 0 aliphatic carbocycles. The van der Waals surface area contributed by atoms with Crippen molar-refractivity contribution in [2.24, 2.45) is 0 Å². The van der Waals surface area contributed by atoms with E-state index in [1.807, 2.05) is 54.6 Å². The third kappa shape index (κ3) is 5.74. The van der Waals surface area contributed by atoms with E-state index in [-0.39, 0.29) is 5.92 Å². The summed E-state index contributed by atoms with van der Waals surface area (Å²) >= 11 is 6.04. The van der Waals surface area contributed by atoms with Gasteiger partial charge in [0.2, 0.25) is 0 Å². The van der Waals surface area contributed by atoms with E-state index in [1.54, 1.807) is 5.54 Å². The van der Waals surface area contributed by atoms with Crippen LogP contribution in [0.2, 0.25) is 0 Å². The molecule has 0 aromatic heterocycles. The van der Waals surface area contributed by atoms with E-state index in [0.717, 1.165) is 17.6 Å². The first kappa shape index (κ1) is 18.8. The first-order chi connectivity index (χ1) is 13.4. The molecule has 0 aliphatic heterocycles. The minimum Gasteiger partial charge on any atom is -0.0916 e. The van der Waals surface area contributed by atoms with Crippen molar-refractivity contribution < 1.29 is 0 Å². The fourth-order valence-corrected chi connectivity index (χ4v) is 2.99. The molecule has 0 bridgehead atoms. The average molecular weight is 369 g/mol. The quantitative estimate of drug-likeness (QED) is 0.419. The summed E-state index contributed by atoms with van der Waals surface area (Å²) in [6, 6.07) is 30.7. The van der Waals surface area contributed by atoms with Crippen LogP contribution in [0.15, 0.2) is 103 Å². The van der Waals surface area contributed by atoms with Crippen LogP contribution in [0.4, 0.5) is 0 Å². The number of hydrogen-bond acceptors (Lipinski definition) is 0. The summed E-state index contributed by atoms with van der Waals surface area (Å²) in [5.74, 6) is 6.81. The highest BCUT2D eigenvalue weighted by Gasteiger charge is 2.06. The van der Waals surface area contributed by atoms with Crippen molar-refractivity contribution in [3.05, 3.63) is 119 Å². The third-order valence-electron chi connectivity index (χ3n) is 4.26. The number of hydrogen-bond donors (Lipinski definition) is 0. The van der Waals surface area contributed by atoms with Gasteiger partial charge in [-0.15, -0.1) is 0 Å². The van der Waals surface area contributed by atoms with Gasteiger partial charge in [0.25, 0.3) is 0 Å². The van der Waals surface area contributed by atoms with Crippen molar-refractivity contribution >= 4 is 23.3 Å². The summed E-state index contributed by atoms with van der Waals surface area (Å²) in [4.78, 5) is 0. The summed E-state index contributed by atoms with van der Waals surface area (Å²) in [6.45, 7) is 0. The van der Waals surface area contributed by atoms with Crippen LogP contribution in [0.3, 0.4) is 0 Å². The molecule has 3 rings (SSSR count). The summed E-state index contributed by atoms with van der Waals surface area (Å²) < 4.78 is 0. The second-order valence-corrected chi connectivity index (χ2v) is 6.39. The molecule has 0 fully saturated rings. The van der Waals surface area contributed by atoms with Gasteiger partial charge in [0.1, 0.15) is 0 Å². The molecule has 0 N–H and O–H groups in total. The van der Waals surface area contributed by atoms with E-state index in [9.17, 15) is 0 Å². The number of benzene rings is 3. The van der Waals surface area contributed by atoms with E-state index in [2.05, 4.69) is 60.4 Å². The second kappa shape index (κ2) is 10.2. The van der Waals surface area contributed by atoms with Crippen molar-refractivity contribution in [2.45, 2.75) is 12.3 Å². The molecule has 1 heteroatoms. The Kier molecular flexibility index (Phi) is 7.10. The molecule has 3 aromatic rings. The smallest absolute Gasteiger partial charge is 0.0490 e. The third-order valence-corrected chi connectivity index (χ3v) is 4.48. The Bertz CT molecular complexity index is 943. The zero-order valence-corrected chi connectivity index (χ0v) is 15.8. The Labute approximate surface area is 166 Å². The Hall–Kier alpha value is -3.01. The maximum Gasteiger partial charge on any atom is 0.0490 e. The van der Waals surface area contributed by atoms with Gasteiger partial charge in [-0.05, 0) is 23.1 Å². The van der Waals surface area contributed by atoms with Gasteiger partial charge in [0, 0.05) is 17.0 Å². The molecule has 0 amide bonds. The van der Waals surface area contributed by atoms with Gasteiger partial charge in [0.15, 0.2) is 0 Å². The Morgan fingerprint density at radius 1 is 0.815 bits per heavy atom. The van der Waals surface area contributed by atoms with E-state index >= 15 is 0 Å². The highest BCUT2D eigenvalue weighted by molar-refractivity contribution is 6.29. The van der Waals surface area contributed by atoms with Crippen LogP contribution in [-0.2, 0) is 0 Å². The summed E-state index contributed by atoms with van der Waals surface area (Å²) in [5, 5.41) is 0. The first-order valence-corrected chi connectivity index (χ1v) is 9.44. The molecule has 0 aliphatic rings. The van der Waals surface area contributed by atoms with Gasteiger partial charge in [-0.2, -0.15) is 0 Å². The minimum absolute atomic E-state index is 0.112. The Balaban J connectivity index is 1.82. The van der Waals surface area contributed by atoms with Crippen molar-refractivity contribution in [1.82, 2.24) is 0 Å². The van der Waals surface area contributed by atoms with E-state index < -0.39 is 0 Å². The van der Waals surface area contributed by atoms with Crippen LogP contribution < -0.4 is 0 Å². The zero-order chi connectivity index (χ0) is 18.7. The standard InChI is InChI=1S/C26H21Cl/c27-21-26(24-16-8-3-9-17-24)20-19-25(23-14-6-2-7-15-23)18-10-13-22-11-4-1-5-12-22/h1-17,21,25H,18H2/b13-10+,26-21+. The lowest BCUT2D eigenvalue weighted by atomic mass is 9.95. The van der Waals surface area contributed by atoms with Crippen molar-refractivity contribution in [2.75, 3.05) is 0 Å². The van der Waals surface area contributed by atoms with Gasteiger partial charge in [-0.3, -0.25) is 0 Å². The fraction of sp³-hybridized carbons (Fsp3) is 0.0769. The second-order valence-electron chi connectivity index (χ2n) is 6.17. The molecular weight excluding hydrogens is 348 g/mol. The van der Waals surface area contributed by atoms with Gasteiger partial charge < -0.3 is 0 Å². The highest BCUT2D eigenvalue weighted by Crippen LogP contribution is 2.21. The summed E-state index contributed by atoms with van der Waals surface area (Å²) in [7, 11) is 0. The van der Waals surface area contributed by atoms with Crippen molar-refractivity contribution in [3.63, 3.8) is 0 Å². The fourth-order valence-electron chi connectivity index (χ4n) is 2.81. The van der Waals surface area contributed by atoms with Crippen molar-refractivity contribution in [1.29, 1.82) is 0 Å². The lowest BCUT2D eigenvalue weighted by molar-refractivity contribution is 0.896. The first-order valence-electron chi connectivity index (χ1n) is 9.00. The molecule has 3 aromatic carbocycles. The van der Waals surface area contributed by atoms with Crippen LogP contribution in [-0.4, -0.2) is 0 Å². The Morgan fingerprint density at radius 2 is 1.41 bits per heavy atom. The normalized spacial score (nSPS) is 12.4. The van der Waals surface area contributed by atoms with Crippen LogP contribution in [0.1, 0.15) is 29.0 Å². The zero-order valence-electron chi connectivity index (χ0n) is 15.1. The van der Waals surface area contributed by atoms with Gasteiger partial charge in [-0.1, -0.05) is 127 Å². The predicted octanol–water partition coefficient (Wildman–Crippen LogP) is 7.16. The molecule has 27 heavy (non-hydrogen) atoms. The van der Waals surface area contributed by atoms with Crippen LogP contribution in [0.25, 0.3) is 11.6 Å². The summed E-state index contributed by atoms with van der Waals surface area (Å²) in [6.07, 6.45) is 5.18. The Morgan fingerprint density at radius 3 is 2.04 bits per heavy atom. The predicted molar refractivity (Wildman–Crippen MR) is 117 cm³/mol. The largest absolute Gasteiger partial charge is 0.0916 e. The highest BCUT2D eigenvalue weighted by atomic mass is 35.5. The van der Waals surface area contributed by atoms with Crippen molar-refractivity contribution in [3.8, 4) is 11.8 Å². The maximum absolute atomic E-state index is 6.04. The SMILES string of the molecule is Cl/C=C(\C#CC(C/C=C/c1ccccc1)c1ccccc1)c1ccccc1. The average Bonchev–Trinajstić information content (AvgIpc) is 2.75. The molecule has 0 saturated carbocycles. The molecule has 0 heterocycles. The summed E-state index contributed by atoms with van der Waals surface area (Å²) in [5.41, 5.74) is 5.84. The molecule has 0 saturated heterocycles. The van der Waals surface area contributed by atoms with Gasteiger partial charge in [0.05, 0.1) is 0 Å². The lowest BCUT2D eigenvalue weighted by Crippen LogP contribution is -1.94. The molecule has 132 valence electrons. The van der Waals surface area contributed by atoms with Crippen LogP contribution in [0, 0.1) is 11.8 Å². The van der Waals surface area contributed by atoms with E-state index in [0.29, 0.717) is 0 Å². The number of halogens is 1. The van der Waals surface area contributed by atoms with Gasteiger partial charge in [-0.25, -0.2) is 0 Å². The minimum atomic E-state index is 0.112. The molecule has 0 radical (unpaired) electrons. The molecule has 0 spiro atoms. The molecule has 1 unspecified atom stereocenters. The topological polar surface area (TPSA) is 0 Å². The number of allylic oxidation sites excluding steroid dienone is 2. The molecule has 1 atom stereocenters. The lowest BCUT2D eigenvalue weighted by Gasteiger charge is -2.09. The maximum atomic E-state index is 6.04. The van der Waals surface area contributed by atoms with Crippen LogP contribution >= 0.6 is 11.6 Å². The molecular formula is C26H21Cl. The van der Waals surface area contributed by atoms with E-state index in [1.165, 1.54) is 11.1 Å². The monoisotopic (exact) mass is 368 g/mol. The number of rotatable bonds is 5. The van der Waals surface area contributed by atoms with Crippen LogP contribution in [0.5, 0.6) is 0 Å². The van der Waals surface area contributed by atoms with Gasteiger partial charge >= 0.3 is 0 Å².